The highest BCUT2D eigenvalue weighted by molar-refractivity contribution is 9.10. The number of thiocarbonyl (C=S) groups is 1. The summed E-state index contributed by atoms with van der Waals surface area (Å²) in [5.74, 6) is -0.361. The van der Waals surface area contributed by atoms with Crippen molar-refractivity contribution in [3.8, 4) is 0 Å². The third-order valence-corrected chi connectivity index (χ3v) is 3.35. The predicted molar refractivity (Wildman–Crippen MR) is 83.8 cm³/mol. The molecule has 0 aliphatic heterocycles. The minimum atomic E-state index is -0.361. The predicted octanol–water partition coefficient (Wildman–Crippen LogP) is 3.83. The molecule has 0 aliphatic rings. The first-order valence-electron chi connectivity index (χ1n) is 5.64. The van der Waals surface area contributed by atoms with Crippen LogP contribution >= 0.6 is 28.1 Å². The number of rotatable bonds is 4. The van der Waals surface area contributed by atoms with Crippen LogP contribution in [0, 0.1) is 5.82 Å². The Bertz CT molecular complexity index is 616. The fourth-order valence-corrected chi connectivity index (χ4v) is 2.23. The fourth-order valence-electron chi connectivity index (χ4n) is 1.66. The van der Waals surface area contributed by atoms with Crippen molar-refractivity contribution in [1.29, 1.82) is 0 Å². The van der Waals surface area contributed by atoms with Gasteiger partial charge in [0.1, 0.15) is 10.8 Å². The Morgan fingerprint density at radius 2 is 2.05 bits per heavy atom. The lowest BCUT2D eigenvalue weighted by atomic mass is 10.2. The molecular formula is C14H12BrFN2S. The quantitative estimate of drug-likeness (QED) is 0.832. The summed E-state index contributed by atoms with van der Waals surface area (Å²) in [7, 11) is 0. The van der Waals surface area contributed by atoms with E-state index < -0.39 is 0 Å². The van der Waals surface area contributed by atoms with Crippen molar-refractivity contribution in [3.05, 3.63) is 63.9 Å². The molecule has 0 amide bonds. The molecule has 0 saturated heterocycles. The van der Waals surface area contributed by atoms with Crippen molar-refractivity contribution in [2.75, 3.05) is 5.32 Å². The highest BCUT2D eigenvalue weighted by atomic mass is 79.9. The Kier molecular flexibility index (Phi) is 4.50. The van der Waals surface area contributed by atoms with Crippen LogP contribution in [0.5, 0.6) is 0 Å². The smallest absolute Gasteiger partial charge is 0.146 e. The maximum atomic E-state index is 13.8. The summed E-state index contributed by atoms with van der Waals surface area (Å²) >= 11 is 8.20. The molecule has 3 N–H and O–H groups in total. The second-order valence-corrected chi connectivity index (χ2v) is 5.40. The van der Waals surface area contributed by atoms with Crippen LogP contribution in [0.2, 0.25) is 0 Å². The van der Waals surface area contributed by atoms with Crippen molar-refractivity contribution in [2.24, 2.45) is 5.73 Å². The van der Waals surface area contributed by atoms with Gasteiger partial charge < -0.3 is 11.1 Å². The van der Waals surface area contributed by atoms with Gasteiger partial charge >= 0.3 is 0 Å². The Morgan fingerprint density at radius 1 is 1.26 bits per heavy atom. The normalized spacial score (nSPS) is 10.2. The molecule has 2 aromatic carbocycles. The van der Waals surface area contributed by atoms with Crippen LogP contribution in [0.4, 0.5) is 10.1 Å². The van der Waals surface area contributed by atoms with E-state index >= 15 is 0 Å². The van der Waals surface area contributed by atoms with Gasteiger partial charge in [0, 0.05) is 16.6 Å². The van der Waals surface area contributed by atoms with E-state index in [2.05, 4.69) is 21.2 Å². The summed E-state index contributed by atoms with van der Waals surface area (Å²) in [6, 6.07) is 12.5. The SMILES string of the molecule is NC(=S)c1ccc(NCc2cccc(Br)c2)c(F)c1. The van der Waals surface area contributed by atoms with Gasteiger partial charge in [-0.15, -0.1) is 0 Å². The summed E-state index contributed by atoms with van der Waals surface area (Å²) in [6.07, 6.45) is 0. The van der Waals surface area contributed by atoms with Crippen LogP contribution in [0.3, 0.4) is 0 Å². The molecule has 19 heavy (non-hydrogen) atoms. The molecule has 2 nitrogen and oxygen atoms in total. The standard InChI is InChI=1S/C14H12BrFN2S/c15-11-3-1-2-9(6-11)8-18-13-5-4-10(14(17)19)7-12(13)16/h1-7,18H,8H2,(H2,17,19). The van der Waals surface area contributed by atoms with Gasteiger partial charge in [0.05, 0.1) is 5.69 Å². The van der Waals surface area contributed by atoms with Crippen LogP contribution in [0.15, 0.2) is 46.9 Å². The van der Waals surface area contributed by atoms with E-state index in [9.17, 15) is 4.39 Å². The first kappa shape index (κ1) is 14.0. The molecule has 0 bridgehead atoms. The van der Waals surface area contributed by atoms with E-state index in [1.807, 2.05) is 24.3 Å². The zero-order chi connectivity index (χ0) is 13.8. The number of benzene rings is 2. The number of nitrogens with two attached hydrogens (primary N) is 1. The Labute approximate surface area is 124 Å². The molecule has 0 aliphatic carbocycles. The molecule has 2 aromatic rings. The van der Waals surface area contributed by atoms with Crippen LogP contribution < -0.4 is 11.1 Å². The second-order valence-electron chi connectivity index (χ2n) is 4.04. The first-order chi connectivity index (χ1) is 9.06. The Morgan fingerprint density at radius 3 is 2.68 bits per heavy atom. The summed E-state index contributed by atoms with van der Waals surface area (Å²) in [5, 5.41) is 3.04. The van der Waals surface area contributed by atoms with E-state index in [1.54, 1.807) is 12.1 Å². The highest BCUT2D eigenvalue weighted by Crippen LogP contribution is 2.18. The molecule has 2 rings (SSSR count). The van der Waals surface area contributed by atoms with Crippen LogP contribution in [-0.2, 0) is 6.54 Å². The van der Waals surface area contributed by atoms with E-state index in [0.717, 1.165) is 10.0 Å². The van der Waals surface area contributed by atoms with Gasteiger partial charge in [-0.2, -0.15) is 0 Å². The number of halogens is 2. The first-order valence-corrected chi connectivity index (χ1v) is 6.84. The summed E-state index contributed by atoms with van der Waals surface area (Å²) in [6.45, 7) is 0.544. The molecule has 0 spiro atoms. The van der Waals surface area contributed by atoms with Gasteiger partial charge in [-0.3, -0.25) is 0 Å². The molecule has 0 heterocycles. The summed E-state index contributed by atoms with van der Waals surface area (Å²) in [5.41, 5.74) is 7.47. The number of hydrogen-bond donors (Lipinski definition) is 2. The average Bonchev–Trinajstić information content (AvgIpc) is 2.37. The molecule has 0 saturated carbocycles. The van der Waals surface area contributed by atoms with Crippen molar-refractivity contribution in [3.63, 3.8) is 0 Å². The highest BCUT2D eigenvalue weighted by Gasteiger charge is 2.05. The van der Waals surface area contributed by atoms with E-state index in [-0.39, 0.29) is 10.8 Å². The van der Waals surface area contributed by atoms with Gasteiger partial charge in [0.15, 0.2) is 0 Å². The van der Waals surface area contributed by atoms with Gasteiger partial charge in [-0.25, -0.2) is 4.39 Å². The van der Waals surface area contributed by atoms with Gasteiger partial charge in [0.25, 0.3) is 0 Å². The molecule has 0 radical (unpaired) electrons. The molecule has 0 fully saturated rings. The molecule has 0 unspecified atom stereocenters. The summed E-state index contributed by atoms with van der Waals surface area (Å²) < 4.78 is 14.8. The molecule has 98 valence electrons. The largest absolute Gasteiger partial charge is 0.389 e. The van der Waals surface area contributed by atoms with Crippen molar-refractivity contribution < 1.29 is 4.39 Å². The maximum Gasteiger partial charge on any atom is 0.146 e. The van der Waals surface area contributed by atoms with Crippen molar-refractivity contribution >= 4 is 38.8 Å². The Balaban J connectivity index is 2.10. The van der Waals surface area contributed by atoms with Crippen molar-refractivity contribution in [2.45, 2.75) is 6.54 Å². The lowest BCUT2D eigenvalue weighted by Crippen LogP contribution is -2.10. The van der Waals surface area contributed by atoms with Crippen molar-refractivity contribution in [1.82, 2.24) is 0 Å². The minimum absolute atomic E-state index is 0.192. The van der Waals surface area contributed by atoms with Gasteiger partial charge in [-0.05, 0) is 35.9 Å². The summed E-state index contributed by atoms with van der Waals surface area (Å²) in [4.78, 5) is 0.192. The molecular weight excluding hydrogens is 327 g/mol. The monoisotopic (exact) mass is 338 g/mol. The van der Waals surface area contributed by atoms with E-state index in [1.165, 1.54) is 6.07 Å². The van der Waals surface area contributed by atoms with Crippen LogP contribution in [0.1, 0.15) is 11.1 Å². The molecule has 0 aromatic heterocycles. The zero-order valence-electron chi connectivity index (χ0n) is 9.99. The maximum absolute atomic E-state index is 13.8. The number of hydrogen-bond acceptors (Lipinski definition) is 2. The topological polar surface area (TPSA) is 38.0 Å². The minimum Gasteiger partial charge on any atom is -0.389 e. The zero-order valence-corrected chi connectivity index (χ0v) is 12.4. The number of anilines is 1. The van der Waals surface area contributed by atoms with Crippen LogP contribution in [0.25, 0.3) is 0 Å². The second kappa shape index (κ2) is 6.12. The van der Waals surface area contributed by atoms with Gasteiger partial charge in [-0.1, -0.05) is 40.3 Å². The number of nitrogens with one attached hydrogen (secondary N) is 1. The third-order valence-electron chi connectivity index (χ3n) is 2.63. The van der Waals surface area contributed by atoms with Crippen LogP contribution in [-0.4, -0.2) is 4.99 Å². The Hall–Kier alpha value is -1.46. The lowest BCUT2D eigenvalue weighted by Gasteiger charge is -2.09. The molecule has 5 heteroatoms. The molecule has 0 atom stereocenters. The lowest BCUT2D eigenvalue weighted by molar-refractivity contribution is 0.630. The fraction of sp³-hybridized carbons (Fsp3) is 0.0714. The van der Waals surface area contributed by atoms with E-state index in [4.69, 9.17) is 18.0 Å². The van der Waals surface area contributed by atoms with Gasteiger partial charge in [0.2, 0.25) is 0 Å². The van der Waals surface area contributed by atoms with E-state index in [0.29, 0.717) is 17.8 Å². The third kappa shape index (κ3) is 3.75. The average molecular weight is 339 g/mol.